The molecule has 0 amide bonds. The average molecular weight is 287 g/mol. The maximum absolute atomic E-state index is 9.81. The summed E-state index contributed by atoms with van der Waals surface area (Å²) in [6.45, 7) is 4.45. The number of rotatable bonds is 5. The van der Waals surface area contributed by atoms with Crippen molar-refractivity contribution >= 4 is 5.69 Å². The van der Waals surface area contributed by atoms with Crippen LogP contribution in [0.5, 0.6) is 17.2 Å². The fourth-order valence-electron chi connectivity index (χ4n) is 2.30. The second-order valence-corrected chi connectivity index (χ2v) is 5.00. The third-order valence-electron chi connectivity index (χ3n) is 3.44. The van der Waals surface area contributed by atoms with E-state index in [2.05, 4.69) is 5.32 Å². The second kappa shape index (κ2) is 6.39. The first-order chi connectivity index (χ1) is 10.0. The zero-order valence-electron chi connectivity index (χ0n) is 12.9. The van der Waals surface area contributed by atoms with Crippen molar-refractivity contribution in [1.29, 1.82) is 0 Å². The van der Waals surface area contributed by atoms with E-state index in [1.165, 1.54) is 0 Å². The monoisotopic (exact) mass is 287 g/mol. The summed E-state index contributed by atoms with van der Waals surface area (Å²) in [7, 11) is 3.28. The van der Waals surface area contributed by atoms with Crippen molar-refractivity contribution in [1.82, 2.24) is 0 Å². The quantitative estimate of drug-likeness (QED) is 0.881. The van der Waals surface area contributed by atoms with Crippen LogP contribution in [0.1, 0.15) is 16.7 Å². The smallest absolute Gasteiger partial charge is 0.142 e. The highest BCUT2D eigenvalue weighted by Crippen LogP contribution is 2.30. The molecule has 4 nitrogen and oxygen atoms in total. The number of aryl methyl sites for hydroxylation is 2. The van der Waals surface area contributed by atoms with E-state index < -0.39 is 0 Å². The van der Waals surface area contributed by atoms with Gasteiger partial charge >= 0.3 is 0 Å². The number of aromatic hydroxyl groups is 1. The van der Waals surface area contributed by atoms with Gasteiger partial charge in [0, 0.05) is 12.6 Å². The van der Waals surface area contributed by atoms with Crippen molar-refractivity contribution in [3.63, 3.8) is 0 Å². The van der Waals surface area contributed by atoms with Crippen LogP contribution in [-0.4, -0.2) is 19.3 Å². The first-order valence-electron chi connectivity index (χ1n) is 6.80. The van der Waals surface area contributed by atoms with Crippen LogP contribution in [0.4, 0.5) is 5.69 Å². The van der Waals surface area contributed by atoms with E-state index in [0.29, 0.717) is 12.3 Å². The van der Waals surface area contributed by atoms with E-state index >= 15 is 0 Å². The topological polar surface area (TPSA) is 50.7 Å². The molecule has 0 atom stereocenters. The Morgan fingerprint density at radius 2 is 1.67 bits per heavy atom. The third kappa shape index (κ3) is 3.40. The molecule has 21 heavy (non-hydrogen) atoms. The highest BCUT2D eigenvalue weighted by molar-refractivity contribution is 5.60. The van der Waals surface area contributed by atoms with Crippen molar-refractivity contribution in [2.45, 2.75) is 20.4 Å². The number of nitrogens with one attached hydrogen (secondary N) is 1. The number of anilines is 1. The van der Waals surface area contributed by atoms with E-state index in [0.717, 1.165) is 33.9 Å². The summed E-state index contributed by atoms with van der Waals surface area (Å²) in [5.41, 5.74) is 3.74. The molecule has 0 aliphatic heterocycles. The lowest BCUT2D eigenvalue weighted by Crippen LogP contribution is -2.02. The number of hydrogen-bond acceptors (Lipinski definition) is 4. The summed E-state index contributed by atoms with van der Waals surface area (Å²) in [4.78, 5) is 0. The van der Waals surface area contributed by atoms with Gasteiger partial charge in [-0.05, 0) is 42.7 Å². The lowest BCUT2D eigenvalue weighted by atomic mass is 10.1. The molecule has 0 bridgehead atoms. The predicted molar refractivity (Wildman–Crippen MR) is 84.5 cm³/mol. The SMILES string of the molecule is COc1ccc(OC)c(NCc2cc(C)c(O)c(C)c2)c1. The van der Waals surface area contributed by atoms with Gasteiger partial charge in [0.15, 0.2) is 0 Å². The van der Waals surface area contributed by atoms with Crippen LogP contribution >= 0.6 is 0 Å². The first kappa shape index (κ1) is 15.0. The van der Waals surface area contributed by atoms with Gasteiger partial charge in [-0.3, -0.25) is 0 Å². The summed E-state index contributed by atoms with van der Waals surface area (Å²) in [5, 5.41) is 13.2. The summed E-state index contributed by atoms with van der Waals surface area (Å²) in [6.07, 6.45) is 0. The van der Waals surface area contributed by atoms with Gasteiger partial charge in [0.25, 0.3) is 0 Å². The largest absolute Gasteiger partial charge is 0.507 e. The Kier molecular flexibility index (Phi) is 4.58. The minimum absolute atomic E-state index is 0.359. The summed E-state index contributed by atoms with van der Waals surface area (Å²) >= 11 is 0. The molecule has 0 heterocycles. The van der Waals surface area contributed by atoms with Crippen molar-refractivity contribution in [3.05, 3.63) is 47.0 Å². The van der Waals surface area contributed by atoms with Crippen LogP contribution in [0, 0.1) is 13.8 Å². The molecule has 0 saturated heterocycles. The van der Waals surface area contributed by atoms with E-state index in [4.69, 9.17) is 9.47 Å². The molecule has 112 valence electrons. The Hall–Kier alpha value is -2.36. The number of ether oxygens (including phenoxy) is 2. The van der Waals surface area contributed by atoms with Crippen LogP contribution in [0.2, 0.25) is 0 Å². The summed E-state index contributed by atoms with van der Waals surface area (Å²) in [6, 6.07) is 9.58. The Labute approximate surface area is 125 Å². The van der Waals surface area contributed by atoms with E-state index in [9.17, 15) is 5.11 Å². The Balaban J connectivity index is 2.19. The lowest BCUT2D eigenvalue weighted by molar-refractivity contribution is 0.404. The van der Waals surface area contributed by atoms with E-state index in [1.54, 1.807) is 14.2 Å². The molecule has 2 N–H and O–H groups in total. The average Bonchev–Trinajstić information content (AvgIpc) is 2.50. The fourth-order valence-corrected chi connectivity index (χ4v) is 2.30. The Bertz CT molecular complexity index is 615. The van der Waals surface area contributed by atoms with Gasteiger partial charge in [0.2, 0.25) is 0 Å². The van der Waals surface area contributed by atoms with Crippen molar-refractivity contribution in [2.24, 2.45) is 0 Å². The molecular weight excluding hydrogens is 266 g/mol. The number of phenols is 1. The van der Waals surface area contributed by atoms with Crippen LogP contribution in [0.3, 0.4) is 0 Å². The molecule has 0 aromatic heterocycles. The van der Waals surface area contributed by atoms with Crippen LogP contribution < -0.4 is 14.8 Å². The maximum atomic E-state index is 9.81. The molecule has 4 heteroatoms. The maximum Gasteiger partial charge on any atom is 0.142 e. The summed E-state index contributed by atoms with van der Waals surface area (Å²) in [5.74, 6) is 1.90. The molecule has 0 unspecified atom stereocenters. The summed E-state index contributed by atoms with van der Waals surface area (Å²) < 4.78 is 10.6. The molecule has 2 aromatic carbocycles. The molecule has 0 radical (unpaired) electrons. The zero-order chi connectivity index (χ0) is 15.4. The normalized spacial score (nSPS) is 10.3. The van der Waals surface area contributed by atoms with Crippen molar-refractivity contribution in [3.8, 4) is 17.2 Å². The number of methoxy groups -OCH3 is 2. The molecule has 0 aliphatic carbocycles. The molecule has 0 spiro atoms. The molecular formula is C17H21NO3. The van der Waals surface area contributed by atoms with Crippen molar-refractivity contribution in [2.75, 3.05) is 19.5 Å². The molecule has 0 saturated carbocycles. The standard InChI is InChI=1S/C17H21NO3/c1-11-7-13(8-12(2)17(11)19)10-18-15-9-14(20-3)5-6-16(15)21-4/h5-9,18-19H,10H2,1-4H3. The third-order valence-corrected chi connectivity index (χ3v) is 3.44. The van der Waals surface area contributed by atoms with Gasteiger partial charge in [-0.1, -0.05) is 12.1 Å². The second-order valence-electron chi connectivity index (χ2n) is 5.00. The first-order valence-corrected chi connectivity index (χ1v) is 6.80. The predicted octanol–water partition coefficient (Wildman–Crippen LogP) is 3.64. The zero-order valence-corrected chi connectivity index (χ0v) is 12.9. The number of hydrogen-bond donors (Lipinski definition) is 2. The molecule has 2 rings (SSSR count). The molecule has 0 aliphatic rings. The minimum Gasteiger partial charge on any atom is -0.507 e. The minimum atomic E-state index is 0.359. The number of phenolic OH excluding ortho intramolecular Hbond substituents is 1. The van der Waals surface area contributed by atoms with Crippen LogP contribution in [0.15, 0.2) is 30.3 Å². The fraction of sp³-hybridized carbons (Fsp3) is 0.294. The van der Waals surface area contributed by atoms with Gasteiger partial charge in [-0.15, -0.1) is 0 Å². The lowest BCUT2D eigenvalue weighted by Gasteiger charge is -2.14. The van der Waals surface area contributed by atoms with Crippen LogP contribution in [0.25, 0.3) is 0 Å². The van der Waals surface area contributed by atoms with Gasteiger partial charge in [0.1, 0.15) is 17.2 Å². The van der Waals surface area contributed by atoms with Gasteiger partial charge in [-0.2, -0.15) is 0 Å². The van der Waals surface area contributed by atoms with E-state index in [1.807, 2.05) is 44.2 Å². The van der Waals surface area contributed by atoms with Gasteiger partial charge in [0.05, 0.1) is 19.9 Å². The van der Waals surface area contributed by atoms with Crippen molar-refractivity contribution < 1.29 is 14.6 Å². The molecule has 2 aromatic rings. The number of benzene rings is 2. The van der Waals surface area contributed by atoms with Gasteiger partial charge < -0.3 is 19.9 Å². The Morgan fingerprint density at radius 1 is 1.00 bits per heavy atom. The molecule has 0 fully saturated rings. The highest BCUT2D eigenvalue weighted by Gasteiger charge is 2.07. The highest BCUT2D eigenvalue weighted by atomic mass is 16.5. The van der Waals surface area contributed by atoms with Crippen LogP contribution in [-0.2, 0) is 6.54 Å². The van der Waals surface area contributed by atoms with E-state index in [-0.39, 0.29) is 0 Å². The van der Waals surface area contributed by atoms with Gasteiger partial charge in [-0.25, -0.2) is 0 Å². The Morgan fingerprint density at radius 3 is 2.24 bits per heavy atom.